The minimum absolute atomic E-state index is 0.184. The van der Waals surface area contributed by atoms with Crippen LogP contribution in [0.25, 0.3) is 11.1 Å². The van der Waals surface area contributed by atoms with E-state index in [-0.39, 0.29) is 11.4 Å². The maximum absolute atomic E-state index is 12.6. The number of nitrogens with one attached hydrogen (secondary N) is 2. The van der Waals surface area contributed by atoms with Gasteiger partial charge < -0.3 is 10.1 Å². The van der Waals surface area contributed by atoms with Crippen molar-refractivity contribution in [3.8, 4) is 16.9 Å². The van der Waals surface area contributed by atoms with Gasteiger partial charge >= 0.3 is 0 Å². The zero-order valence-electron chi connectivity index (χ0n) is 11.7. The Kier molecular flexibility index (Phi) is 2.82. The fourth-order valence-corrected chi connectivity index (χ4v) is 3.24. The summed E-state index contributed by atoms with van der Waals surface area (Å²) < 4.78 is 6.22. The third-order valence-electron chi connectivity index (χ3n) is 4.44. The van der Waals surface area contributed by atoms with Crippen molar-refractivity contribution in [2.75, 3.05) is 13.1 Å². The van der Waals surface area contributed by atoms with E-state index >= 15 is 0 Å². The Morgan fingerprint density at radius 3 is 2.81 bits per heavy atom. The molecule has 1 aromatic heterocycles. The predicted octanol–water partition coefficient (Wildman–Crippen LogP) is 2.16. The van der Waals surface area contributed by atoms with Crippen LogP contribution in [0.1, 0.15) is 29.6 Å². The Morgan fingerprint density at radius 2 is 2.05 bits per heavy atom. The molecule has 1 spiro atoms. The van der Waals surface area contributed by atoms with Crippen molar-refractivity contribution in [1.29, 1.82) is 0 Å². The highest BCUT2D eigenvalue weighted by atomic mass is 16.5. The number of ketones is 1. The fraction of sp³-hybridized carbons (Fsp3) is 0.375. The summed E-state index contributed by atoms with van der Waals surface area (Å²) >= 11 is 0. The minimum Gasteiger partial charge on any atom is -0.486 e. The number of hydrogen-bond acceptors (Lipinski definition) is 4. The number of ether oxygens (including phenoxy) is 1. The summed E-state index contributed by atoms with van der Waals surface area (Å²) in [5.41, 5.74) is 2.36. The van der Waals surface area contributed by atoms with Gasteiger partial charge in [-0.2, -0.15) is 5.10 Å². The average molecular weight is 283 g/mol. The predicted molar refractivity (Wildman–Crippen MR) is 78.4 cm³/mol. The molecule has 2 N–H and O–H groups in total. The Bertz CT molecular complexity index is 673. The first-order chi connectivity index (χ1) is 10.3. The Labute approximate surface area is 122 Å². The number of rotatable bonds is 1. The van der Waals surface area contributed by atoms with E-state index in [1.165, 1.54) is 0 Å². The summed E-state index contributed by atoms with van der Waals surface area (Å²) in [6, 6.07) is 5.81. The largest absolute Gasteiger partial charge is 0.486 e. The molecule has 5 nitrogen and oxygen atoms in total. The molecule has 21 heavy (non-hydrogen) atoms. The van der Waals surface area contributed by atoms with Crippen LogP contribution < -0.4 is 10.1 Å². The van der Waals surface area contributed by atoms with Gasteiger partial charge in [0.15, 0.2) is 5.78 Å². The van der Waals surface area contributed by atoms with Gasteiger partial charge in [-0.3, -0.25) is 9.89 Å². The number of hydrogen-bond donors (Lipinski definition) is 2. The molecule has 4 rings (SSSR count). The Hall–Kier alpha value is -2.14. The molecule has 5 heteroatoms. The van der Waals surface area contributed by atoms with Gasteiger partial charge in [0.1, 0.15) is 11.4 Å². The van der Waals surface area contributed by atoms with Crippen molar-refractivity contribution < 1.29 is 9.53 Å². The number of carbonyl (C=O) groups excluding carboxylic acids is 1. The van der Waals surface area contributed by atoms with Crippen LogP contribution in [0.15, 0.2) is 30.6 Å². The van der Waals surface area contributed by atoms with Crippen molar-refractivity contribution in [3.63, 3.8) is 0 Å². The maximum atomic E-state index is 12.6. The maximum Gasteiger partial charge on any atom is 0.170 e. The van der Waals surface area contributed by atoms with Crippen LogP contribution in [0.3, 0.4) is 0 Å². The van der Waals surface area contributed by atoms with Crippen molar-refractivity contribution >= 4 is 5.78 Å². The van der Waals surface area contributed by atoms with Gasteiger partial charge in [0.05, 0.1) is 18.2 Å². The molecule has 0 amide bonds. The van der Waals surface area contributed by atoms with Gasteiger partial charge in [-0.1, -0.05) is 6.07 Å². The molecule has 0 unspecified atom stereocenters. The number of aromatic amines is 1. The number of nitrogens with zero attached hydrogens (tertiary/aromatic N) is 1. The van der Waals surface area contributed by atoms with E-state index in [1.807, 2.05) is 24.4 Å². The molecule has 108 valence electrons. The van der Waals surface area contributed by atoms with Crippen molar-refractivity contribution in [2.45, 2.75) is 24.9 Å². The summed E-state index contributed by atoms with van der Waals surface area (Å²) in [7, 11) is 0. The summed E-state index contributed by atoms with van der Waals surface area (Å²) in [5.74, 6) is 0.906. The number of aromatic nitrogens is 2. The standard InChI is InChI=1S/C16H17N3O2/c20-14-8-16(3-5-17-6-4-16)21-15-2-1-11(7-13(14)15)12-9-18-19-10-12/h1-2,7,9-10,17H,3-6,8H2,(H,18,19). The first-order valence-electron chi connectivity index (χ1n) is 7.32. The molecule has 1 aromatic carbocycles. The Balaban J connectivity index is 1.71. The van der Waals surface area contributed by atoms with E-state index in [1.54, 1.807) is 6.20 Å². The van der Waals surface area contributed by atoms with Gasteiger partial charge in [-0.05, 0) is 30.8 Å². The van der Waals surface area contributed by atoms with Crippen molar-refractivity contribution in [1.82, 2.24) is 15.5 Å². The molecule has 0 bridgehead atoms. The van der Waals surface area contributed by atoms with Crippen molar-refractivity contribution in [3.05, 3.63) is 36.2 Å². The first kappa shape index (κ1) is 12.6. The van der Waals surface area contributed by atoms with Gasteiger partial charge in [0.25, 0.3) is 0 Å². The quantitative estimate of drug-likeness (QED) is 0.841. The van der Waals surface area contributed by atoms with E-state index in [0.29, 0.717) is 12.0 Å². The summed E-state index contributed by atoms with van der Waals surface area (Å²) in [5, 5.41) is 10.1. The molecular weight excluding hydrogens is 266 g/mol. The molecule has 0 atom stereocenters. The third-order valence-corrected chi connectivity index (χ3v) is 4.44. The van der Waals surface area contributed by atoms with Crippen LogP contribution in [-0.2, 0) is 0 Å². The van der Waals surface area contributed by atoms with E-state index in [2.05, 4.69) is 15.5 Å². The highest BCUT2D eigenvalue weighted by Crippen LogP contribution is 2.39. The number of piperidine rings is 1. The minimum atomic E-state index is -0.299. The van der Waals surface area contributed by atoms with Crippen LogP contribution >= 0.6 is 0 Å². The SMILES string of the molecule is O=C1CC2(CCNCC2)Oc2ccc(-c3cn[nH]c3)cc21. The third kappa shape index (κ3) is 2.14. The molecule has 2 aliphatic rings. The smallest absolute Gasteiger partial charge is 0.170 e. The second-order valence-electron chi connectivity index (χ2n) is 5.83. The first-order valence-corrected chi connectivity index (χ1v) is 7.32. The van der Waals surface area contributed by atoms with E-state index in [4.69, 9.17) is 4.74 Å². The van der Waals surface area contributed by atoms with Gasteiger partial charge in [0.2, 0.25) is 0 Å². The van der Waals surface area contributed by atoms with Gasteiger partial charge in [0, 0.05) is 24.6 Å². The van der Waals surface area contributed by atoms with Gasteiger partial charge in [-0.25, -0.2) is 0 Å². The van der Waals surface area contributed by atoms with Crippen LogP contribution in [0.5, 0.6) is 5.75 Å². The number of carbonyl (C=O) groups is 1. The topological polar surface area (TPSA) is 67.0 Å². The number of Topliss-reactive ketones (excluding diaryl/α,β-unsaturated/α-hetero) is 1. The summed E-state index contributed by atoms with van der Waals surface area (Å²) in [6.07, 6.45) is 5.84. The second-order valence-corrected chi connectivity index (χ2v) is 5.83. The normalized spacial score (nSPS) is 20.1. The molecule has 1 fully saturated rings. The molecule has 0 aliphatic carbocycles. The monoisotopic (exact) mass is 283 g/mol. The average Bonchev–Trinajstić information content (AvgIpc) is 3.02. The molecule has 2 aliphatic heterocycles. The molecule has 0 saturated carbocycles. The molecule has 1 saturated heterocycles. The zero-order chi connectivity index (χ0) is 14.3. The van der Waals surface area contributed by atoms with E-state index in [0.717, 1.165) is 42.8 Å². The molecule has 2 aromatic rings. The Morgan fingerprint density at radius 1 is 1.19 bits per heavy atom. The molecule has 3 heterocycles. The number of H-pyrrole nitrogens is 1. The molecule has 0 radical (unpaired) electrons. The fourth-order valence-electron chi connectivity index (χ4n) is 3.24. The lowest BCUT2D eigenvalue weighted by molar-refractivity contribution is 0.0188. The van der Waals surface area contributed by atoms with E-state index in [9.17, 15) is 4.79 Å². The van der Waals surface area contributed by atoms with E-state index < -0.39 is 0 Å². The lowest BCUT2D eigenvalue weighted by atomic mass is 9.82. The lowest BCUT2D eigenvalue weighted by Crippen LogP contribution is -2.49. The highest BCUT2D eigenvalue weighted by molar-refractivity contribution is 6.01. The number of benzene rings is 1. The van der Waals surface area contributed by atoms with Gasteiger partial charge in [-0.15, -0.1) is 0 Å². The summed E-state index contributed by atoms with van der Waals surface area (Å²) in [6.45, 7) is 1.82. The van der Waals surface area contributed by atoms with Crippen LogP contribution in [-0.4, -0.2) is 34.7 Å². The van der Waals surface area contributed by atoms with Crippen molar-refractivity contribution in [2.24, 2.45) is 0 Å². The number of fused-ring (bicyclic) bond motifs is 1. The zero-order valence-corrected chi connectivity index (χ0v) is 11.7. The lowest BCUT2D eigenvalue weighted by Gasteiger charge is -2.40. The highest BCUT2D eigenvalue weighted by Gasteiger charge is 2.41. The van der Waals surface area contributed by atoms with Crippen LogP contribution in [0.2, 0.25) is 0 Å². The second kappa shape index (κ2) is 4.70. The molecular formula is C16H17N3O2. The summed E-state index contributed by atoms with van der Waals surface area (Å²) in [4.78, 5) is 12.6. The van der Waals surface area contributed by atoms with Crippen LogP contribution in [0.4, 0.5) is 0 Å². The van der Waals surface area contributed by atoms with Crippen LogP contribution in [0, 0.1) is 0 Å².